The molecule has 126 valence electrons. The van der Waals surface area contributed by atoms with Crippen LogP contribution in [0.2, 0.25) is 0 Å². The summed E-state index contributed by atoms with van der Waals surface area (Å²) < 4.78 is 12.4. The zero-order valence-corrected chi connectivity index (χ0v) is 15.4. The van der Waals surface area contributed by atoms with Crippen molar-refractivity contribution in [3.63, 3.8) is 0 Å². The molecule has 0 saturated carbocycles. The predicted octanol–water partition coefficient (Wildman–Crippen LogP) is 4.72. The van der Waals surface area contributed by atoms with E-state index in [1.807, 2.05) is 50.2 Å². The Labute approximate surface area is 150 Å². The number of nitrogens with one attached hydrogen (secondary N) is 1. The van der Waals surface area contributed by atoms with Crippen LogP contribution in [0, 0.1) is 0 Å². The first-order valence-electron chi connectivity index (χ1n) is 8.11. The molecule has 0 saturated heterocycles. The molecule has 0 bridgehead atoms. The first-order chi connectivity index (χ1) is 11.6. The fraction of sp³-hybridized carbons (Fsp3) is 0.316. The fourth-order valence-electron chi connectivity index (χ4n) is 3.00. The molecule has 1 aliphatic heterocycles. The van der Waals surface area contributed by atoms with Crippen LogP contribution >= 0.6 is 15.9 Å². The van der Waals surface area contributed by atoms with Crippen molar-refractivity contribution in [3.05, 3.63) is 52.0 Å². The lowest BCUT2D eigenvalue weighted by Crippen LogP contribution is -2.23. The normalized spacial score (nSPS) is 16.3. The topological polar surface area (TPSA) is 47.6 Å². The van der Waals surface area contributed by atoms with E-state index in [1.165, 1.54) is 0 Å². The summed E-state index contributed by atoms with van der Waals surface area (Å²) in [5.74, 6) is 1.41. The average Bonchev–Trinajstić information content (AvgIpc) is 2.56. The lowest BCUT2D eigenvalue weighted by molar-refractivity contribution is -0.116. The SMILES string of the molecule is CCOc1cc2c(cc1OCC)C(c1ccc(Br)cc1)CC(=O)N2. The van der Waals surface area contributed by atoms with Gasteiger partial charge in [0.05, 0.1) is 13.2 Å². The molecule has 1 aliphatic rings. The molecule has 2 aromatic rings. The maximum atomic E-state index is 12.2. The van der Waals surface area contributed by atoms with Gasteiger partial charge in [0.1, 0.15) is 0 Å². The number of anilines is 1. The van der Waals surface area contributed by atoms with Crippen LogP contribution in [0.15, 0.2) is 40.9 Å². The molecule has 3 rings (SSSR count). The fourth-order valence-corrected chi connectivity index (χ4v) is 3.26. The second-order valence-electron chi connectivity index (χ2n) is 5.61. The number of rotatable bonds is 5. The Bertz CT molecular complexity index is 743. The van der Waals surface area contributed by atoms with Gasteiger partial charge in [-0.2, -0.15) is 0 Å². The van der Waals surface area contributed by atoms with E-state index in [-0.39, 0.29) is 11.8 Å². The molecule has 24 heavy (non-hydrogen) atoms. The Hall–Kier alpha value is -2.01. The molecule has 1 amide bonds. The van der Waals surface area contributed by atoms with Gasteiger partial charge in [-0.15, -0.1) is 0 Å². The van der Waals surface area contributed by atoms with Gasteiger partial charge in [0.2, 0.25) is 5.91 Å². The highest BCUT2D eigenvalue weighted by Crippen LogP contribution is 2.43. The van der Waals surface area contributed by atoms with Gasteiger partial charge in [0, 0.05) is 28.6 Å². The summed E-state index contributed by atoms with van der Waals surface area (Å²) in [6.45, 7) is 4.98. The molecule has 4 nitrogen and oxygen atoms in total. The molecule has 1 heterocycles. The van der Waals surface area contributed by atoms with E-state index in [0.29, 0.717) is 25.4 Å². The van der Waals surface area contributed by atoms with Crippen molar-refractivity contribution in [1.29, 1.82) is 0 Å². The molecule has 5 heteroatoms. The van der Waals surface area contributed by atoms with E-state index in [0.717, 1.165) is 27.0 Å². The van der Waals surface area contributed by atoms with Crippen LogP contribution in [0.5, 0.6) is 11.5 Å². The van der Waals surface area contributed by atoms with Crippen molar-refractivity contribution in [1.82, 2.24) is 0 Å². The van der Waals surface area contributed by atoms with Crippen molar-refractivity contribution >= 4 is 27.5 Å². The van der Waals surface area contributed by atoms with Crippen LogP contribution in [0.1, 0.15) is 37.3 Å². The van der Waals surface area contributed by atoms with Gasteiger partial charge in [-0.3, -0.25) is 4.79 Å². The van der Waals surface area contributed by atoms with Crippen molar-refractivity contribution in [2.24, 2.45) is 0 Å². The summed E-state index contributed by atoms with van der Waals surface area (Å²) in [5.41, 5.74) is 2.97. The van der Waals surface area contributed by atoms with Gasteiger partial charge >= 0.3 is 0 Å². The molecule has 1 unspecified atom stereocenters. The van der Waals surface area contributed by atoms with Crippen LogP contribution < -0.4 is 14.8 Å². The first kappa shape index (κ1) is 16.8. The third kappa shape index (κ3) is 3.41. The van der Waals surface area contributed by atoms with Gasteiger partial charge in [-0.1, -0.05) is 28.1 Å². The highest BCUT2D eigenvalue weighted by Gasteiger charge is 2.28. The van der Waals surface area contributed by atoms with Crippen molar-refractivity contribution < 1.29 is 14.3 Å². The molecule has 1 N–H and O–H groups in total. The lowest BCUT2D eigenvalue weighted by atomic mass is 9.84. The van der Waals surface area contributed by atoms with Gasteiger partial charge < -0.3 is 14.8 Å². The molecule has 0 spiro atoms. The van der Waals surface area contributed by atoms with E-state index in [4.69, 9.17) is 9.47 Å². The molecular weight excluding hydrogens is 370 g/mol. The minimum Gasteiger partial charge on any atom is -0.490 e. The summed E-state index contributed by atoms with van der Waals surface area (Å²) in [6, 6.07) is 12.0. The van der Waals surface area contributed by atoms with Crippen molar-refractivity contribution in [2.75, 3.05) is 18.5 Å². The monoisotopic (exact) mass is 389 g/mol. The van der Waals surface area contributed by atoms with Crippen LogP contribution in [0.3, 0.4) is 0 Å². The van der Waals surface area contributed by atoms with Crippen molar-refractivity contribution in [2.45, 2.75) is 26.2 Å². The Kier molecular flexibility index (Phi) is 5.09. The second-order valence-corrected chi connectivity index (χ2v) is 6.52. The van der Waals surface area contributed by atoms with Crippen LogP contribution in [-0.2, 0) is 4.79 Å². The third-order valence-corrected chi connectivity index (χ3v) is 4.56. The Balaban J connectivity index is 2.08. The minimum absolute atomic E-state index is 0.0109. The number of carbonyl (C=O) groups is 1. The molecule has 2 aromatic carbocycles. The highest BCUT2D eigenvalue weighted by atomic mass is 79.9. The van der Waals surface area contributed by atoms with Gasteiger partial charge in [0.15, 0.2) is 11.5 Å². The number of fused-ring (bicyclic) bond motifs is 1. The zero-order chi connectivity index (χ0) is 17.1. The average molecular weight is 390 g/mol. The summed E-state index contributed by atoms with van der Waals surface area (Å²) in [5, 5.41) is 2.96. The largest absolute Gasteiger partial charge is 0.490 e. The standard InChI is InChI=1S/C19H20BrNO3/c1-3-23-17-9-15-14(12-5-7-13(20)8-6-12)10-19(22)21-16(15)11-18(17)24-4-2/h5-9,11,14H,3-4,10H2,1-2H3,(H,21,22). The van der Waals surface area contributed by atoms with Crippen LogP contribution in [-0.4, -0.2) is 19.1 Å². The quantitative estimate of drug-likeness (QED) is 0.804. The van der Waals surface area contributed by atoms with Gasteiger partial charge in [-0.05, 0) is 43.2 Å². The van der Waals surface area contributed by atoms with E-state index in [1.54, 1.807) is 0 Å². The summed E-state index contributed by atoms with van der Waals surface area (Å²) in [7, 11) is 0. The first-order valence-corrected chi connectivity index (χ1v) is 8.90. The van der Waals surface area contributed by atoms with E-state index in [9.17, 15) is 4.79 Å². The molecular formula is C19H20BrNO3. The summed E-state index contributed by atoms with van der Waals surface area (Å²) >= 11 is 3.46. The number of amides is 1. The minimum atomic E-state index is 0.0109. The molecule has 0 radical (unpaired) electrons. The van der Waals surface area contributed by atoms with Crippen LogP contribution in [0.25, 0.3) is 0 Å². The third-order valence-electron chi connectivity index (χ3n) is 4.03. The molecule has 0 aliphatic carbocycles. The van der Waals surface area contributed by atoms with Gasteiger partial charge in [0.25, 0.3) is 0 Å². The lowest BCUT2D eigenvalue weighted by Gasteiger charge is -2.27. The van der Waals surface area contributed by atoms with E-state index < -0.39 is 0 Å². The predicted molar refractivity (Wildman–Crippen MR) is 98.0 cm³/mol. The molecule has 1 atom stereocenters. The Morgan fingerprint density at radius 3 is 2.33 bits per heavy atom. The number of ether oxygens (including phenoxy) is 2. The Morgan fingerprint density at radius 1 is 1.08 bits per heavy atom. The van der Waals surface area contributed by atoms with E-state index in [2.05, 4.69) is 21.2 Å². The maximum absolute atomic E-state index is 12.2. The number of hydrogen-bond donors (Lipinski definition) is 1. The summed E-state index contributed by atoms with van der Waals surface area (Å²) in [4.78, 5) is 12.2. The van der Waals surface area contributed by atoms with Crippen molar-refractivity contribution in [3.8, 4) is 11.5 Å². The Morgan fingerprint density at radius 2 is 1.71 bits per heavy atom. The molecule has 0 fully saturated rings. The number of benzene rings is 2. The van der Waals surface area contributed by atoms with Crippen LogP contribution in [0.4, 0.5) is 5.69 Å². The number of carbonyl (C=O) groups excluding carboxylic acids is 1. The number of hydrogen-bond acceptors (Lipinski definition) is 3. The second kappa shape index (κ2) is 7.26. The van der Waals surface area contributed by atoms with E-state index >= 15 is 0 Å². The maximum Gasteiger partial charge on any atom is 0.225 e. The van der Waals surface area contributed by atoms with Gasteiger partial charge in [-0.25, -0.2) is 0 Å². The zero-order valence-electron chi connectivity index (χ0n) is 13.8. The molecule has 0 aromatic heterocycles. The smallest absolute Gasteiger partial charge is 0.225 e. The highest BCUT2D eigenvalue weighted by molar-refractivity contribution is 9.10. The number of halogens is 1. The summed E-state index contributed by atoms with van der Waals surface area (Å²) in [6.07, 6.45) is 0.425.